The fourth-order valence-electron chi connectivity index (χ4n) is 4.35. The molecule has 1 atom stereocenters. The number of pyridine rings is 1. The predicted molar refractivity (Wildman–Crippen MR) is 135 cm³/mol. The van der Waals surface area contributed by atoms with Gasteiger partial charge in [0.1, 0.15) is 11.5 Å². The molecule has 180 valence electrons. The lowest BCUT2D eigenvalue weighted by Gasteiger charge is -2.26. The van der Waals surface area contributed by atoms with Crippen LogP contribution >= 0.6 is 0 Å². The van der Waals surface area contributed by atoms with Crippen LogP contribution in [0.4, 0.5) is 0 Å². The minimum atomic E-state index is -0.744. The number of aliphatic hydroxyl groups excluding tert-OH is 1. The Morgan fingerprint density at radius 2 is 1.69 bits per heavy atom. The third kappa shape index (κ3) is 4.69. The molecule has 0 spiro atoms. The average Bonchev–Trinajstić information content (AvgIpc) is 3.09. The SMILES string of the molecule is COc1ccc(C2/C(=C(\O)c3cc(C(C)(C)C)ccc3C)C(=O)C(=O)N2Cc2ccncc2)cc1. The Kier molecular flexibility index (Phi) is 6.48. The molecule has 6 heteroatoms. The van der Waals surface area contributed by atoms with Gasteiger partial charge < -0.3 is 14.7 Å². The predicted octanol–water partition coefficient (Wildman–Crippen LogP) is 5.32. The molecule has 2 heterocycles. The summed E-state index contributed by atoms with van der Waals surface area (Å²) in [6.07, 6.45) is 3.30. The van der Waals surface area contributed by atoms with Crippen molar-refractivity contribution in [3.8, 4) is 5.75 Å². The van der Waals surface area contributed by atoms with E-state index in [1.807, 2.05) is 37.3 Å². The van der Waals surface area contributed by atoms with E-state index in [1.165, 1.54) is 4.90 Å². The molecule has 0 aliphatic carbocycles. The molecule has 0 radical (unpaired) electrons. The van der Waals surface area contributed by atoms with Gasteiger partial charge in [-0.1, -0.05) is 45.0 Å². The van der Waals surface area contributed by atoms with Gasteiger partial charge in [-0.3, -0.25) is 14.6 Å². The highest BCUT2D eigenvalue weighted by molar-refractivity contribution is 6.46. The highest BCUT2D eigenvalue weighted by atomic mass is 16.5. The Morgan fingerprint density at radius 3 is 2.29 bits per heavy atom. The normalized spacial score (nSPS) is 17.6. The molecular weight excluding hydrogens is 440 g/mol. The lowest BCUT2D eigenvalue weighted by Crippen LogP contribution is -2.29. The zero-order valence-electron chi connectivity index (χ0n) is 20.7. The summed E-state index contributed by atoms with van der Waals surface area (Å²) in [5.74, 6) is -0.842. The molecule has 1 N–H and O–H groups in total. The number of aromatic nitrogens is 1. The number of ketones is 1. The summed E-state index contributed by atoms with van der Waals surface area (Å²) in [6.45, 7) is 8.37. The van der Waals surface area contributed by atoms with Crippen molar-refractivity contribution in [2.45, 2.75) is 45.7 Å². The summed E-state index contributed by atoms with van der Waals surface area (Å²) in [6, 6.07) is 15.9. The van der Waals surface area contributed by atoms with Gasteiger partial charge >= 0.3 is 0 Å². The van der Waals surface area contributed by atoms with Crippen molar-refractivity contribution in [1.82, 2.24) is 9.88 Å². The number of hydrogen-bond acceptors (Lipinski definition) is 5. The summed E-state index contributed by atoms with van der Waals surface area (Å²) >= 11 is 0. The fourth-order valence-corrected chi connectivity index (χ4v) is 4.35. The Balaban J connectivity index is 1.90. The lowest BCUT2D eigenvalue weighted by molar-refractivity contribution is -0.140. The van der Waals surface area contributed by atoms with Gasteiger partial charge in [-0.2, -0.15) is 0 Å². The third-order valence-corrected chi connectivity index (χ3v) is 6.43. The van der Waals surface area contributed by atoms with Crippen LogP contribution in [-0.2, 0) is 21.5 Å². The number of amides is 1. The van der Waals surface area contributed by atoms with Gasteiger partial charge in [0.05, 0.1) is 18.7 Å². The van der Waals surface area contributed by atoms with Crippen LogP contribution in [0.3, 0.4) is 0 Å². The van der Waals surface area contributed by atoms with Crippen LogP contribution in [0.15, 0.2) is 72.6 Å². The number of hydrogen-bond donors (Lipinski definition) is 1. The lowest BCUT2D eigenvalue weighted by atomic mass is 9.84. The minimum Gasteiger partial charge on any atom is -0.507 e. The highest BCUT2D eigenvalue weighted by Gasteiger charge is 2.46. The van der Waals surface area contributed by atoms with Gasteiger partial charge in [-0.15, -0.1) is 0 Å². The summed E-state index contributed by atoms with van der Waals surface area (Å²) < 4.78 is 5.29. The van der Waals surface area contributed by atoms with Crippen molar-refractivity contribution < 1.29 is 19.4 Å². The smallest absolute Gasteiger partial charge is 0.295 e. The van der Waals surface area contributed by atoms with Crippen molar-refractivity contribution in [1.29, 1.82) is 0 Å². The second-order valence-electron chi connectivity index (χ2n) is 9.84. The number of methoxy groups -OCH3 is 1. The van der Waals surface area contributed by atoms with E-state index in [2.05, 4.69) is 25.8 Å². The highest BCUT2D eigenvalue weighted by Crippen LogP contribution is 2.41. The van der Waals surface area contributed by atoms with E-state index in [0.29, 0.717) is 16.9 Å². The van der Waals surface area contributed by atoms with Crippen molar-refractivity contribution in [2.75, 3.05) is 7.11 Å². The Hall–Kier alpha value is -3.93. The average molecular weight is 471 g/mol. The first-order valence-corrected chi connectivity index (χ1v) is 11.5. The standard InChI is InChI=1S/C29H30N2O4/c1-18-6-9-21(29(2,3)4)16-23(18)26(32)24-25(20-7-10-22(35-5)11-8-20)31(28(34)27(24)33)17-19-12-14-30-15-13-19/h6-16,25,32H,17H2,1-5H3/b26-24+. The number of aliphatic hydroxyl groups is 1. The third-order valence-electron chi connectivity index (χ3n) is 6.43. The van der Waals surface area contributed by atoms with E-state index >= 15 is 0 Å². The van der Waals surface area contributed by atoms with Crippen LogP contribution in [0, 0.1) is 6.92 Å². The van der Waals surface area contributed by atoms with Crippen LogP contribution in [0.2, 0.25) is 0 Å². The molecule has 1 aliphatic rings. The largest absolute Gasteiger partial charge is 0.507 e. The molecule has 1 aromatic heterocycles. The van der Waals surface area contributed by atoms with Gasteiger partial charge in [-0.25, -0.2) is 0 Å². The fraction of sp³-hybridized carbons (Fsp3) is 0.276. The maximum absolute atomic E-state index is 13.4. The zero-order chi connectivity index (χ0) is 25.3. The van der Waals surface area contributed by atoms with Gasteiger partial charge in [0.15, 0.2) is 0 Å². The van der Waals surface area contributed by atoms with Gasteiger partial charge in [0.25, 0.3) is 11.7 Å². The number of aryl methyl sites for hydroxylation is 1. The minimum absolute atomic E-state index is 0.0865. The number of carbonyl (C=O) groups is 2. The molecule has 35 heavy (non-hydrogen) atoms. The molecule has 4 rings (SSSR count). The van der Waals surface area contributed by atoms with Gasteiger partial charge in [-0.05, 0) is 64.9 Å². The van der Waals surface area contributed by atoms with Crippen molar-refractivity contribution >= 4 is 17.4 Å². The van der Waals surface area contributed by atoms with Gasteiger partial charge in [0, 0.05) is 24.5 Å². The monoisotopic (exact) mass is 470 g/mol. The summed E-state index contributed by atoms with van der Waals surface area (Å²) in [7, 11) is 1.58. The number of rotatable bonds is 5. The molecule has 3 aromatic rings. The molecule has 0 saturated carbocycles. The summed E-state index contributed by atoms with van der Waals surface area (Å²) in [4.78, 5) is 32.2. The second kappa shape index (κ2) is 9.37. The maximum atomic E-state index is 13.4. The Labute approximate surface area is 205 Å². The van der Waals surface area contributed by atoms with Crippen molar-refractivity contribution in [3.05, 3.63) is 100 Å². The second-order valence-corrected chi connectivity index (χ2v) is 9.84. The topological polar surface area (TPSA) is 79.7 Å². The summed E-state index contributed by atoms with van der Waals surface area (Å²) in [5.41, 5.74) is 3.89. The molecule has 1 saturated heterocycles. The van der Waals surface area contributed by atoms with E-state index in [0.717, 1.165) is 16.7 Å². The Bertz CT molecular complexity index is 1290. The van der Waals surface area contributed by atoms with Gasteiger partial charge in [0.2, 0.25) is 0 Å². The number of ether oxygens (including phenoxy) is 1. The molecule has 2 aromatic carbocycles. The first-order valence-electron chi connectivity index (χ1n) is 11.5. The molecular formula is C29H30N2O4. The number of Topliss-reactive ketones (excluding diaryl/α,β-unsaturated/α-hetero) is 1. The number of benzene rings is 2. The molecule has 6 nitrogen and oxygen atoms in total. The van der Waals surface area contributed by atoms with Crippen LogP contribution in [-0.4, -0.2) is 33.8 Å². The van der Waals surface area contributed by atoms with E-state index < -0.39 is 17.7 Å². The molecule has 1 fully saturated rings. The molecule has 1 amide bonds. The molecule has 1 aliphatic heterocycles. The zero-order valence-corrected chi connectivity index (χ0v) is 20.7. The van der Waals surface area contributed by atoms with Crippen LogP contribution < -0.4 is 4.74 Å². The summed E-state index contributed by atoms with van der Waals surface area (Å²) in [5, 5.41) is 11.5. The van der Waals surface area contributed by atoms with Crippen molar-refractivity contribution in [3.63, 3.8) is 0 Å². The number of carbonyl (C=O) groups excluding carboxylic acids is 2. The van der Waals surface area contributed by atoms with E-state index in [-0.39, 0.29) is 23.3 Å². The van der Waals surface area contributed by atoms with Crippen LogP contribution in [0.25, 0.3) is 5.76 Å². The van der Waals surface area contributed by atoms with E-state index in [1.54, 1.807) is 43.8 Å². The Morgan fingerprint density at radius 1 is 1.03 bits per heavy atom. The number of nitrogens with zero attached hydrogens (tertiary/aromatic N) is 2. The first kappa shape index (κ1) is 24.2. The molecule has 1 unspecified atom stereocenters. The van der Waals surface area contributed by atoms with Crippen LogP contribution in [0.5, 0.6) is 5.75 Å². The number of likely N-dealkylation sites (tertiary alicyclic amines) is 1. The quantitative estimate of drug-likeness (QED) is 0.310. The maximum Gasteiger partial charge on any atom is 0.295 e. The van der Waals surface area contributed by atoms with Crippen LogP contribution in [0.1, 0.15) is 54.6 Å². The first-order chi connectivity index (χ1) is 16.6. The van der Waals surface area contributed by atoms with E-state index in [4.69, 9.17) is 4.74 Å². The van der Waals surface area contributed by atoms with Crippen molar-refractivity contribution in [2.24, 2.45) is 0 Å². The molecule has 0 bridgehead atoms. The van der Waals surface area contributed by atoms with E-state index in [9.17, 15) is 14.7 Å².